The molecule has 6 rings (SSSR count). The fourth-order valence-electron chi connectivity index (χ4n) is 4.77. The van der Waals surface area contributed by atoms with Gasteiger partial charge in [0, 0.05) is 37.8 Å². The summed E-state index contributed by atoms with van der Waals surface area (Å²) >= 11 is 0. The van der Waals surface area contributed by atoms with Gasteiger partial charge in [0.15, 0.2) is 17.0 Å². The van der Waals surface area contributed by atoms with Crippen LogP contribution in [0.25, 0.3) is 11.2 Å². The van der Waals surface area contributed by atoms with E-state index >= 15 is 0 Å². The van der Waals surface area contributed by atoms with Crippen molar-refractivity contribution >= 4 is 16.9 Å². The third kappa shape index (κ3) is 3.41. The van der Waals surface area contributed by atoms with Gasteiger partial charge >= 0.3 is 6.61 Å². The summed E-state index contributed by atoms with van der Waals surface area (Å²) in [5.74, 6) is 2.05. The van der Waals surface area contributed by atoms with Gasteiger partial charge in [-0.05, 0) is 24.0 Å². The third-order valence-electron chi connectivity index (χ3n) is 6.39. The van der Waals surface area contributed by atoms with Crippen molar-refractivity contribution in [3.8, 4) is 5.75 Å². The Bertz CT molecular complexity index is 1390. The van der Waals surface area contributed by atoms with Crippen LogP contribution in [-0.4, -0.2) is 48.9 Å². The SMILES string of the molecule is Cn1cnc2ncn(Cc3nc(C4C5CN(c6cccc(OC(F)F)c6)CC54)no3)c(=O)c21. The van der Waals surface area contributed by atoms with Crippen LogP contribution in [0.3, 0.4) is 0 Å². The molecule has 2 aliphatic rings. The maximum Gasteiger partial charge on any atom is 0.387 e. The predicted octanol–water partition coefficient (Wildman–Crippen LogP) is 2.01. The van der Waals surface area contributed by atoms with Gasteiger partial charge in [0.1, 0.15) is 18.6 Å². The van der Waals surface area contributed by atoms with E-state index in [4.69, 9.17) is 4.52 Å². The van der Waals surface area contributed by atoms with Gasteiger partial charge < -0.3 is 18.7 Å². The highest BCUT2D eigenvalue weighted by molar-refractivity contribution is 5.68. The molecule has 0 N–H and O–H groups in total. The zero-order valence-corrected chi connectivity index (χ0v) is 17.5. The first-order valence-corrected chi connectivity index (χ1v) is 10.5. The average molecular weight is 455 g/mol. The van der Waals surface area contributed by atoms with Crippen LogP contribution in [0.2, 0.25) is 0 Å². The highest BCUT2D eigenvalue weighted by Crippen LogP contribution is 2.58. The van der Waals surface area contributed by atoms with Gasteiger partial charge in [0.05, 0.1) is 6.33 Å². The number of hydrogen-bond donors (Lipinski definition) is 0. The Kier molecular flexibility index (Phi) is 4.42. The van der Waals surface area contributed by atoms with Gasteiger partial charge in [-0.2, -0.15) is 13.8 Å². The van der Waals surface area contributed by atoms with E-state index in [9.17, 15) is 13.6 Å². The Hall–Kier alpha value is -3.83. The quantitative estimate of drug-likeness (QED) is 0.435. The largest absolute Gasteiger partial charge is 0.435 e. The van der Waals surface area contributed by atoms with E-state index in [1.807, 2.05) is 6.07 Å². The van der Waals surface area contributed by atoms with E-state index in [-0.39, 0.29) is 23.8 Å². The third-order valence-corrected chi connectivity index (χ3v) is 6.39. The number of aromatic nitrogens is 6. The molecule has 1 aliphatic carbocycles. The summed E-state index contributed by atoms with van der Waals surface area (Å²) < 4.78 is 37.9. The first kappa shape index (κ1) is 19.8. The lowest BCUT2D eigenvalue weighted by Crippen LogP contribution is -2.24. The molecule has 3 aromatic heterocycles. The second-order valence-corrected chi connectivity index (χ2v) is 8.39. The molecule has 0 bridgehead atoms. The van der Waals surface area contributed by atoms with Crippen LogP contribution < -0.4 is 15.2 Å². The Morgan fingerprint density at radius 3 is 2.79 bits per heavy atom. The lowest BCUT2D eigenvalue weighted by Gasteiger charge is -2.22. The number of aryl methyl sites for hydroxylation is 1. The molecule has 10 nitrogen and oxygen atoms in total. The molecule has 1 saturated carbocycles. The van der Waals surface area contributed by atoms with Crippen molar-refractivity contribution in [2.75, 3.05) is 18.0 Å². The molecule has 2 unspecified atom stereocenters. The van der Waals surface area contributed by atoms with Crippen molar-refractivity contribution in [2.45, 2.75) is 19.1 Å². The Labute approximate surface area is 185 Å². The van der Waals surface area contributed by atoms with Crippen LogP contribution in [-0.2, 0) is 13.6 Å². The van der Waals surface area contributed by atoms with Gasteiger partial charge in [-0.1, -0.05) is 11.2 Å². The van der Waals surface area contributed by atoms with Crippen LogP contribution in [0, 0.1) is 11.8 Å². The topological polar surface area (TPSA) is 104 Å². The van der Waals surface area contributed by atoms with E-state index < -0.39 is 6.61 Å². The monoisotopic (exact) mass is 455 g/mol. The number of benzene rings is 1. The van der Waals surface area contributed by atoms with Crippen molar-refractivity contribution in [3.63, 3.8) is 0 Å². The summed E-state index contributed by atoms with van der Waals surface area (Å²) in [7, 11) is 1.74. The highest BCUT2D eigenvalue weighted by atomic mass is 19.3. The molecule has 1 aromatic carbocycles. The summed E-state index contributed by atoms with van der Waals surface area (Å²) in [6.45, 7) is -1.16. The van der Waals surface area contributed by atoms with E-state index in [0.29, 0.717) is 34.7 Å². The minimum absolute atomic E-state index is 0.130. The van der Waals surface area contributed by atoms with Gasteiger partial charge in [-0.3, -0.25) is 9.36 Å². The van der Waals surface area contributed by atoms with Crippen LogP contribution in [0.15, 0.2) is 46.2 Å². The number of fused-ring (bicyclic) bond motifs is 2. The smallest absolute Gasteiger partial charge is 0.387 e. The van der Waals surface area contributed by atoms with Crippen LogP contribution in [0.4, 0.5) is 14.5 Å². The molecular weight excluding hydrogens is 436 g/mol. The zero-order chi connectivity index (χ0) is 22.7. The van der Waals surface area contributed by atoms with Gasteiger partial charge in [0.25, 0.3) is 5.56 Å². The Morgan fingerprint density at radius 2 is 2.00 bits per heavy atom. The van der Waals surface area contributed by atoms with E-state index in [2.05, 4.69) is 29.7 Å². The molecule has 2 fully saturated rings. The number of halogens is 2. The molecule has 12 heteroatoms. The standard InChI is InChI=1S/C21H19F2N7O3/c1-28-9-24-19-17(28)20(31)30(10-25-19)8-15-26-18(27-33-15)16-13-6-29(7-14(13)16)11-3-2-4-12(5-11)32-21(22)23/h2-5,9-10,13-14,16,21H,6-8H2,1H3. The lowest BCUT2D eigenvalue weighted by atomic mass is 10.2. The van der Waals surface area contributed by atoms with Gasteiger partial charge in [-0.15, -0.1) is 0 Å². The second kappa shape index (κ2) is 7.36. The Morgan fingerprint density at radius 1 is 1.21 bits per heavy atom. The number of hydrogen-bond acceptors (Lipinski definition) is 8. The first-order chi connectivity index (χ1) is 16.0. The number of nitrogens with zero attached hydrogens (tertiary/aromatic N) is 7. The molecule has 0 spiro atoms. The number of piperidine rings is 1. The molecule has 4 aromatic rings. The Balaban J connectivity index is 1.13. The number of alkyl halides is 2. The maximum atomic E-state index is 12.7. The number of rotatable bonds is 6. The lowest BCUT2D eigenvalue weighted by molar-refractivity contribution is -0.0498. The van der Waals surface area contributed by atoms with Gasteiger partial charge in [-0.25, -0.2) is 9.97 Å². The summed E-state index contributed by atoms with van der Waals surface area (Å²) in [4.78, 5) is 27.7. The molecule has 1 aliphatic heterocycles. The van der Waals surface area contributed by atoms with E-state index in [1.54, 1.807) is 30.1 Å². The molecule has 4 heterocycles. The molecular formula is C21H19F2N7O3. The first-order valence-electron chi connectivity index (χ1n) is 10.5. The van der Waals surface area contributed by atoms with Gasteiger partial charge in [0.2, 0.25) is 5.89 Å². The summed E-state index contributed by atoms with van der Waals surface area (Å²) in [6.07, 6.45) is 2.97. The number of ether oxygens (including phenoxy) is 1. The minimum atomic E-state index is -2.85. The van der Waals surface area contributed by atoms with Crippen molar-refractivity contribution < 1.29 is 18.0 Å². The fraction of sp³-hybridized carbons (Fsp3) is 0.381. The molecule has 33 heavy (non-hydrogen) atoms. The molecule has 1 saturated heterocycles. The molecule has 2 atom stereocenters. The average Bonchev–Trinajstić information content (AvgIpc) is 3.20. The van der Waals surface area contributed by atoms with Crippen molar-refractivity contribution in [2.24, 2.45) is 18.9 Å². The maximum absolute atomic E-state index is 12.7. The van der Waals surface area contributed by atoms with Crippen LogP contribution >= 0.6 is 0 Å². The second-order valence-electron chi connectivity index (χ2n) is 8.39. The fourth-order valence-corrected chi connectivity index (χ4v) is 4.77. The van der Waals surface area contributed by atoms with Crippen molar-refractivity contribution in [1.82, 2.24) is 29.2 Å². The predicted molar refractivity (Wildman–Crippen MR) is 111 cm³/mol. The van der Waals surface area contributed by atoms with E-state index in [0.717, 1.165) is 18.8 Å². The molecule has 0 amide bonds. The summed E-state index contributed by atoms with van der Waals surface area (Å²) in [6, 6.07) is 6.74. The normalized spacial score (nSPS) is 21.7. The number of imidazole rings is 1. The van der Waals surface area contributed by atoms with E-state index in [1.165, 1.54) is 17.0 Å². The van der Waals surface area contributed by atoms with Crippen molar-refractivity contribution in [1.29, 1.82) is 0 Å². The number of anilines is 1. The highest BCUT2D eigenvalue weighted by Gasteiger charge is 2.58. The zero-order valence-electron chi connectivity index (χ0n) is 17.5. The van der Waals surface area contributed by atoms with Crippen molar-refractivity contribution in [3.05, 3.63) is 59.0 Å². The summed E-state index contributed by atoms with van der Waals surface area (Å²) in [5.41, 5.74) is 1.44. The summed E-state index contributed by atoms with van der Waals surface area (Å²) in [5, 5.41) is 4.14. The van der Waals surface area contributed by atoms with Crippen LogP contribution in [0.5, 0.6) is 5.75 Å². The molecule has 0 radical (unpaired) electrons. The molecule has 170 valence electrons. The minimum Gasteiger partial charge on any atom is -0.435 e. The van der Waals surface area contributed by atoms with Crippen LogP contribution in [0.1, 0.15) is 17.6 Å².